The van der Waals surface area contributed by atoms with Crippen LogP contribution < -0.4 is 5.32 Å². The molecule has 1 aromatic heterocycles. The highest BCUT2D eigenvalue weighted by molar-refractivity contribution is 7.08. The first-order valence-electron chi connectivity index (χ1n) is 7.75. The normalized spacial score (nSPS) is 13.2. The zero-order valence-corrected chi connectivity index (χ0v) is 14.2. The van der Waals surface area contributed by atoms with Gasteiger partial charge in [0, 0.05) is 10.9 Å². The summed E-state index contributed by atoms with van der Waals surface area (Å²) in [6.07, 6.45) is 0. The Bertz CT molecular complexity index is 793. The van der Waals surface area contributed by atoms with Crippen LogP contribution in [0.3, 0.4) is 0 Å². The molecule has 4 heteroatoms. The molecule has 0 unspecified atom stereocenters. The van der Waals surface area contributed by atoms with Gasteiger partial charge in [0.25, 0.3) is 5.91 Å². The minimum Gasteiger partial charge on any atom is -0.384 e. The Labute approximate surface area is 145 Å². The van der Waals surface area contributed by atoms with Gasteiger partial charge in [0.2, 0.25) is 0 Å². The molecule has 0 saturated carbocycles. The number of aliphatic hydroxyl groups is 1. The Morgan fingerprint density at radius 1 is 1.04 bits per heavy atom. The van der Waals surface area contributed by atoms with Crippen molar-refractivity contribution in [2.75, 3.05) is 6.54 Å². The predicted octanol–water partition coefficient (Wildman–Crippen LogP) is 4.05. The molecule has 2 N–H and O–H groups in total. The summed E-state index contributed by atoms with van der Waals surface area (Å²) in [5.74, 6) is -0.169. The van der Waals surface area contributed by atoms with Gasteiger partial charge in [-0.05, 0) is 35.1 Å². The molecule has 0 bridgehead atoms. The van der Waals surface area contributed by atoms with Gasteiger partial charge in [0.05, 0.1) is 6.54 Å². The summed E-state index contributed by atoms with van der Waals surface area (Å²) in [5.41, 5.74) is 2.50. The summed E-state index contributed by atoms with van der Waals surface area (Å²) in [6.45, 7) is 1.87. The lowest BCUT2D eigenvalue weighted by Crippen LogP contribution is -2.38. The number of hydrogen-bond donors (Lipinski definition) is 2. The fourth-order valence-electron chi connectivity index (χ4n) is 2.50. The fourth-order valence-corrected chi connectivity index (χ4v) is 3.14. The summed E-state index contributed by atoms with van der Waals surface area (Å²) in [5, 5.41) is 17.1. The van der Waals surface area contributed by atoms with Crippen molar-refractivity contribution in [1.82, 2.24) is 5.32 Å². The third-order valence-corrected chi connectivity index (χ3v) is 4.67. The van der Waals surface area contributed by atoms with Gasteiger partial charge < -0.3 is 10.4 Å². The van der Waals surface area contributed by atoms with E-state index in [2.05, 4.69) is 5.32 Å². The number of hydrogen-bond acceptors (Lipinski definition) is 3. The van der Waals surface area contributed by atoms with Crippen LogP contribution in [0.1, 0.15) is 22.8 Å². The first-order chi connectivity index (χ1) is 11.6. The maximum Gasteiger partial charge on any atom is 0.252 e. The highest BCUT2D eigenvalue weighted by atomic mass is 32.1. The molecule has 2 aromatic carbocycles. The van der Waals surface area contributed by atoms with E-state index in [1.54, 1.807) is 18.4 Å². The van der Waals surface area contributed by atoms with Gasteiger partial charge in [-0.25, -0.2) is 0 Å². The topological polar surface area (TPSA) is 49.3 Å². The molecule has 122 valence electrons. The van der Waals surface area contributed by atoms with Crippen molar-refractivity contribution in [3.05, 3.63) is 82.6 Å². The van der Waals surface area contributed by atoms with Crippen LogP contribution in [0, 0.1) is 0 Å². The van der Waals surface area contributed by atoms with Gasteiger partial charge >= 0.3 is 0 Å². The van der Waals surface area contributed by atoms with Crippen LogP contribution in [-0.2, 0) is 5.60 Å². The number of carbonyl (C=O) groups excluding carboxylic acids is 1. The van der Waals surface area contributed by atoms with Gasteiger partial charge in [-0.3, -0.25) is 4.79 Å². The van der Waals surface area contributed by atoms with Crippen LogP contribution in [0.25, 0.3) is 11.1 Å². The van der Waals surface area contributed by atoms with Crippen molar-refractivity contribution in [2.45, 2.75) is 12.5 Å². The highest BCUT2D eigenvalue weighted by Gasteiger charge is 2.24. The first kappa shape index (κ1) is 16.4. The lowest BCUT2D eigenvalue weighted by atomic mass is 9.93. The fraction of sp³-hybridized carbons (Fsp3) is 0.150. The molecule has 0 aliphatic rings. The predicted molar refractivity (Wildman–Crippen MR) is 98.1 cm³/mol. The van der Waals surface area contributed by atoms with E-state index in [0.717, 1.165) is 16.7 Å². The van der Waals surface area contributed by atoms with Crippen LogP contribution in [0.15, 0.2) is 71.4 Å². The van der Waals surface area contributed by atoms with Crippen molar-refractivity contribution >= 4 is 17.2 Å². The molecule has 1 heterocycles. The molecular formula is C20H19NO2S. The molecule has 0 aliphatic heterocycles. The molecule has 0 fully saturated rings. The van der Waals surface area contributed by atoms with Crippen LogP contribution in [0.4, 0.5) is 0 Å². The number of carbonyl (C=O) groups is 1. The van der Waals surface area contributed by atoms with Crippen molar-refractivity contribution in [1.29, 1.82) is 0 Å². The quantitative estimate of drug-likeness (QED) is 0.738. The summed E-state index contributed by atoms with van der Waals surface area (Å²) >= 11 is 1.47. The van der Waals surface area contributed by atoms with E-state index in [1.807, 2.05) is 60.0 Å². The van der Waals surface area contributed by atoms with Crippen molar-refractivity contribution < 1.29 is 9.90 Å². The van der Waals surface area contributed by atoms with Crippen LogP contribution >= 0.6 is 11.3 Å². The number of rotatable bonds is 5. The van der Waals surface area contributed by atoms with E-state index in [-0.39, 0.29) is 12.5 Å². The molecule has 3 nitrogen and oxygen atoms in total. The van der Waals surface area contributed by atoms with Crippen molar-refractivity contribution in [3.8, 4) is 11.1 Å². The maximum absolute atomic E-state index is 12.0. The summed E-state index contributed by atoms with van der Waals surface area (Å²) in [4.78, 5) is 12.0. The van der Waals surface area contributed by atoms with Crippen LogP contribution in [-0.4, -0.2) is 17.6 Å². The number of thiophene rings is 1. The summed E-state index contributed by atoms with van der Waals surface area (Å²) < 4.78 is 0. The van der Waals surface area contributed by atoms with E-state index in [1.165, 1.54) is 11.3 Å². The van der Waals surface area contributed by atoms with E-state index in [9.17, 15) is 9.90 Å². The van der Waals surface area contributed by atoms with E-state index in [0.29, 0.717) is 5.56 Å². The molecule has 0 saturated heterocycles. The molecular weight excluding hydrogens is 318 g/mol. The maximum atomic E-state index is 12.0. The number of benzene rings is 2. The highest BCUT2D eigenvalue weighted by Crippen LogP contribution is 2.25. The number of nitrogens with one attached hydrogen (secondary N) is 1. The molecule has 0 radical (unpaired) electrons. The second-order valence-corrected chi connectivity index (χ2v) is 6.69. The van der Waals surface area contributed by atoms with Crippen molar-refractivity contribution in [3.63, 3.8) is 0 Å². The van der Waals surface area contributed by atoms with E-state index in [4.69, 9.17) is 0 Å². The minimum absolute atomic E-state index is 0.159. The van der Waals surface area contributed by atoms with Crippen LogP contribution in [0.2, 0.25) is 0 Å². The van der Waals surface area contributed by atoms with Gasteiger partial charge in [-0.2, -0.15) is 11.3 Å². The van der Waals surface area contributed by atoms with Crippen molar-refractivity contribution in [2.24, 2.45) is 0 Å². The molecule has 1 atom stereocenters. The molecule has 1 amide bonds. The van der Waals surface area contributed by atoms with Gasteiger partial charge in [0.1, 0.15) is 5.60 Å². The zero-order valence-electron chi connectivity index (χ0n) is 13.4. The molecule has 0 spiro atoms. The Morgan fingerprint density at radius 3 is 2.33 bits per heavy atom. The average Bonchev–Trinajstić information content (AvgIpc) is 3.15. The second kappa shape index (κ2) is 6.99. The largest absolute Gasteiger partial charge is 0.384 e. The summed E-state index contributed by atoms with van der Waals surface area (Å²) in [7, 11) is 0. The van der Waals surface area contributed by atoms with Gasteiger partial charge in [-0.1, -0.05) is 54.6 Å². The van der Waals surface area contributed by atoms with Crippen LogP contribution in [0.5, 0.6) is 0 Å². The standard InChI is InChI=1S/C20H19NO2S/c1-20(23,14-21-19(22)17-11-12-24-13-17)18-9-7-16(8-10-18)15-5-3-2-4-6-15/h2-13,23H,14H2,1H3,(H,21,22)/t20-/m0/s1. The Balaban J connectivity index is 1.69. The first-order valence-corrected chi connectivity index (χ1v) is 8.69. The SMILES string of the molecule is C[C@](O)(CNC(=O)c1ccsc1)c1ccc(-c2ccccc2)cc1. The third kappa shape index (κ3) is 3.72. The average molecular weight is 337 g/mol. The lowest BCUT2D eigenvalue weighted by molar-refractivity contribution is 0.0526. The van der Waals surface area contributed by atoms with Gasteiger partial charge in [-0.15, -0.1) is 0 Å². The minimum atomic E-state index is -1.12. The molecule has 24 heavy (non-hydrogen) atoms. The van der Waals surface area contributed by atoms with E-state index < -0.39 is 5.60 Å². The zero-order chi connectivity index (χ0) is 17.0. The monoisotopic (exact) mass is 337 g/mol. The molecule has 3 rings (SSSR count). The lowest BCUT2D eigenvalue weighted by Gasteiger charge is -2.24. The Hall–Kier alpha value is -2.43. The molecule has 3 aromatic rings. The number of amides is 1. The second-order valence-electron chi connectivity index (χ2n) is 5.91. The van der Waals surface area contributed by atoms with Gasteiger partial charge in [0.15, 0.2) is 0 Å². The Morgan fingerprint density at radius 2 is 1.71 bits per heavy atom. The summed E-state index contributed by atoms with van der Waals surface area (Å²) in [6, 6.07) is 19.6. The smallest absolute Gasteiger partial charge is 0.252 e. The van der Waals surface area contributed by atoms with E-state index >= 15 is 0 Å². The third-order valence-electron chi connectivity index (χ3n) is 3.99. The molecule has 0 aliphatic carbocycles. The Kier molecular flexibility index (Phi) is 4.79.